The van der Waals surface area contributed by atoms with Gasteiger partial charge in [-0.25, -0.2) is 13.2 Å². The maximum Gasteiger partial charge on any atom is 0.273 e. The summed E-state index contributed by atoms with van der Waals surface area (Å²) in [5.41, 5.74) is -0.715. The van der Waals surface area contributed by atoms with Crippen molar-refractivity contribution in [3.8, 4) is 5.75 Å². The lowest BCUT2D eigenvalue weighted by Gasteiger charge is -2.15. The molecule has 0 N–H and O–H groups in total. The van der Waals surface area contributed by atoms with E-state index in [4.69, 9.17) is 4.74 Å². The molecule has 0 atom stereocenters. The second-order valence-electron chi connectivity index (χ2n) is 3.20. The van der Waals surface area contributed by atoms with Gasteiger partial charge in [0.1, 0.15) is 0 Å². The van der Waals surface area contributed by atoms with E-state index in [0.717, 1.165) is 6.07 Å². The molecule has 1 rings (SSSR count). The van der Waals surface area contributed by atoms with Gasteiger partial charge in [0.25, 0.3) is 5.92 Å². The van der Waals surface area contributed by atoms with Crippen LogP contribution < -0.4 is 4.74 Å². The van der Waals surface area contributed by atoms with Crippen LogP contribution in [-0.2, 0) is 10.7 Å². The minimum absolute atomic E-state index is 0.206. The fourth-order valence-corrected chi connectivity index (χ4v) is 1.55. The Kier molecular flexibility index (Phi) is 4.21. The SMILES string of the molecule is COCOc1cc(Br)cc(C(C)(F)F)c1F. The van der Waals surface area contributed by atoms with Crippen LogP contribution in [0, 0.1) is 5.82 Å². The zero-order chi connectivity index (χ0) is 12.3. The molecule has 0 bridgehead atoms. The van der Waals surface area contributed by atoms with Gasteiger partial charge in [-0.05, 0) is 12.1 Å². The van der Waals surface area contributed by atoms with Crippen molar-refractivity contribution in [2.45, 2.75) is 12.8 Å². The summed E-state index contributed by atoms with van der Waals surface area (Å²) in [5.74, 6) is -4.61. The van der Waals surface area contributed by atoms with E-state index in [2.05, 4.69) is 20.7 Å². The maximum absolute atomic E-state index is 13.6. The highest BCUT2D eigenvalue weighted by molar-refractivity contribution is 9.10. The van der Waals surface area contributed by atoms with Crippen LogP contribution in [0.25, 0.3) is 0 Å². The molecule has 0 saturated heterocycles. The predicted molar refractivity (Wildman–Crippen MR) is 56.2 cm³/mol. The molecule has 0 aliphatic carbocycles. The second-order valence-corrected chi connectivity index (χ2v) is 4.12. The van der Waals surface area contributed by atoms with E-state index in [1.54, 1.807) is 0 Å². The van der Waals surface area contributed by atoms with Crippen molar-refractivity contribution >= 4 is 15.9 Å². The Bertz CT molecular complexity index is 377. The van der Waals surface area contributed by atoms with E-state index in [0.29, 0.717) is 11.4 Å². The molecule has 0 heterocycles. The third-order valence-corrected chi connectivity index (χ3v) is 2.27. The number of rotatable bonds is 4. The first-order valence-corrected chi connectivity index (χ1v) is 5.14. The number of halogens is 4. The smallest absolute Gasteiger partial charge is 0.273 e. The minimum atomic E-state index is -3.26. The van der Waals surface area contributed by atoms with Gasteiger partial charge in [0.15, 0.2) is 18.4 Å². The lowest BCUT2D eigenvalue weighted by Crippen LogP contribution is -2.12. The van der Waals surface area contributed by atoms with Crippen LogP contribution in [0.5, 0.6) is 5.75 Å². The lowest BCUT2D eigenvalue weighted by molar-refractivity contribution is 0.0111. The molecule has 0 saturated carbocycles. The average molecular weight is 299 g/mol. The van der Waals surface area contributed by atoms with Crippen molar-refractivity contribution in [1.82, 2.24) is 0 Å². The van der Waals surface area contributed by atoms with Crippen LogP contribution in [0.1, 0.15) is 12.5 Å². The summed E-state index contributed by atoms with van der Waals surface area (Å²) in [6, 6.07) is 2.29. The van der Waals surface area contributed by atoms with Crippen molar-refractivity contribution in [2.24, 2.45) is 0 Å². The summed E-state index contributed by atoms with van der Waals surface area (Å²) < 4.78 is 49.4. The first kappa shape index (κ1) is 13.3. The number of benzene rings is 1. The molecular weight excluding hydrogens is 289 g/mol. The Morgan fingerprint density at radius 3 is 2.50 bits per heavy atom. The average Bonchev–Trinajstić information content (AvgIpc) is 2.17. The molecule has 0 spiro atoms. The van der Waals surface area contributed by atoms with Crippen LogP contribution >= 0.6 is 15.9 Å². The lowest BCUT2D eigenvalue weighted by atomic mass is 10.1. The summed E-state index contributed by atoms with van der Waals surface area (Å²) in [6.07, 6.45) is 0. The van der Waals surface area contributed by atoms with Crippen molar-refractivity contribution in [3.05, 3.63) is 28.0 Å². The molecule has 0 aliphatic heterocycles. The van der Waals surface area contributed by atoms with Crippen LogP contribution in [-0.4, -0.2) is 13.9 Å². The number of alkyl halides is 2. The summed E-state index contributed by atoms with van der Waals surface area (Å²) in [4.78, 5) is 0. The molecule has 1 aromatic carbocycles. The van der Waals surface area contributed by atoms with E-state index in [1.165, 1.54) is 13.2 Å². The standard InChI is InChI=1S/C10H10BrF3O2/c1-10(13,14)7-3-6(11)4-8(9(7)12)16-5-15-2/h3-4H,5H2,1-2H3. The zero-order valence-electron chi connectivity index (χ0n) is 8.69. The molecule has 6 heteroatoms. The summed E-state index contributed by atoms with van der Waals surface area (Å²) in [6.45, 7) is 0.417. The molecule has 90 valence electrons. The third kappa shape index (κ3) is 3.12. The third-order valence-electron chi connectivity index (χ3n) is 1.81. The Labute approximate surface area is 99.5 Å². The molecule has 0 fully saturated rings. The van der Waals surface area contributed by atoms with E-state index in [-0.39, 0.29) is 12.5 Å². The molecule has 2 nitrogen and oxygen atoms in total. The van der Waals surface area contributed by atoms with Crippen molar-refractivity contribution in [3.63, 3.8) is 0 Å². The highest BCUT2D eigenvalue weighted by Gasteiger charge is 2.30. The predicted octanol–water partition coefficient (Wildman–Crippen LogP) is 3.68. The molecule has 0 unspecified atom stereocenters. The van der Waals surface area contributed by atoms with Gasteiger partial charge in [-0.1, -0.05) is 15.9 Å². The van der Waals surface area contributed by atoms with Crippen LogP contribution in [0.4, 0.5) is 13.2 Å². The Balaban J connectivity index is 3.16. The highest BCUT2D eigenvalue weighted by Crippen LogP contribution is 2.35. The van der Waals surface area contributed by atoms with Gasteiger partial charge in [-0.15, -0.1) is 0 Å². The fraction of sp³-hybridized carbons (Fsp3) is 0.400. The Morgan fingerprint density at radius 1 is 1.38 bits per heavy atom. The first-order chi connectivity index (χ1) is 7.36. The highest BCUT2D eigenvalue weighted by atomic mass is 79.9. The fourth-order valence-electron chi connectivity index (χ4n) is 1.11. The topological polar surface area (TPSA) is 18.5 Å². The van der Waals surface area contributed by atoms with Gasteiger partial charge >= 0.3 is 0 Å². The molecule has 0 radical (unpaired) electrons. The number of ether oxygens (including phenoxy) is 2. The van der Waals surface area contributed by atoms with E-state index >= 15 is 0 Å². The number of hydrogen-bond donors (Lipinski definition) is 0. The van der Waals surface area contributed by atoms with Gasteiger partial charge in [-0.3, -0.25) is 0 Å². The van der Waals surface area contributed by atoms with Crippen molar-refractivity contribution in [1.29, 1.82) is 0 Å². The molecule has 16 heavy (non-hydrogen) atoms. The Morgan fingerprint density at radius 2 is 2.00 bits per heavy atom. The number of methoxy groups -OCH3 is 1. The molecule has 1 aromatic rings. The van der Waals surface area contributed by atoms with Gasteiger partial charge < -0.3 is 9.47 Å². The van der Waals surface area contributed by atoms with Crippen molar-refractivity contribution < 1.29 is 22.6 Å². The zero-order valence-corrected chi connectivity index (χ0v) is 10.3. The van der Waals surface area contributed by atoms with E-state index in [1.807, 2.05) is 0 Å². The van der Waals surface area contributed by atoms with Crippen LogP contribution in [0.3, 0.4) is 0 Å². The maximum atomic E-state index is 13.6. The molecule has 0 aromatic heterocycles. The second kappa shape index (κ2) is 5.05. The number of hydrogen-bond acceptors (Lipinski definition) is 2. The Hall–Kier alpha value is -0.750. The summed E-state index contributed by atoms with van der Waals surface area (Å²) in [7, 11) is 1.35. The van der Waals surface area contributed by atoms with Gasteiger partial charge in [-0.2, -0.15) is 0 Å². The monoisotopic (exact) mass is 298 g/mol. The molecule has 0 aliphatic rings. The van der Waals surface area contributed by atoms with Gasteiger partial charge in [0, 0.05) is 18.5 Å². The normalized spacial score (nSPS) is 11.6. The van der Waals surface area contributed by atoms with Crippen molar-refractivity contribution in [2.75, 3.05) is 13.9 Å². The minimum Gasteiger partial charge on any atom is -0.464 e. The first-order valence-electron chi connectivity index (χ1n) is 4.35. The largest absolute Gasteiger partial charge is 0.464 e. The summed E-state index contributed by atoms with van der Waals surface area (Å²) >= 11 is 3.01. The molecule has 0 amide bonds. The van der Waals surface area contributed by atoms with E-state index < -0.39 is 17.3 Å². The van der Waals surface area contributed by atoms with Crippen LogP contribution in [0.15, 0.2) is 16.6 Å². The molecular formula is C10H10BrF3O2. The quantitative estimate of drug-likeness (QED) is 0.790. The van der Waals surface area contributed by atoms with Gasteiger partial charge in [0.2, 0.25) is 0 Å². The summed E-state index contributed by atoms with van der Waals surface area (Å²) in [5, 5.41) is 0. The van der Waals surface area contributed by atoms with Gasteiger partial charge in [0.05, 0.1) is 5.56 Å². The van der Waals surface area contributed by atoms with Crippen LogP contribution in [0.2, 0.25) is 0 Å². The van der Waals surface area contributed by atoms with E-state index in [9.17, 15) is 13.2 Å².